The van der Waals surface area contributed by atoms with E-state index >= 15 is 0 Å². The number of β-amino-alcohol motifs (C(OH)–C–C–N with tert-alkyl or cyclic N) is 1. The fourth-order valence-corrected chi connectivity index (χ4v) is 2.87. The van der Waals surface area contributed by atoms with Gasteiger partial charge in [-0.05, 0) is 50.9 Å². The van der Waals surface area contributed by atoms with Crippen molar-refractivity contribution in [3.05, 3.63) is 28.5 Å². The van der Waals surface area contributed by atoms with Crippen molar-refractivity contribution in [1.29, 1.82) is 0 Å². The first-order valence-corrected chi connectivity index (χ1v) is 8.15. The lowest BCUT2D eigenvalue weighted by atomic mass is 9.99. The number of carbonyl (C=O) groups is 1. The van der Waals surface area contributed by atoms with E-state index in [-0.39, 0.29) is 12.5 Å². The molecular weight excluding hydrogens is 302 g/mol. The second-order valence-electron chi connectivity index (χ2n) is 6.11. The molecule has 22 heavy (non-hydrogen) atoms. The van der Waals surface area contributed by atoms with E-state index in [1.807, 2.05) is 0 Å². The Morgan fingerprint density at radius 1 is 1.50 bits per heavy atom. The highest BCUT2D eigenvalue weighted by Crippen LogP contribution is 2.16. The van der Waals surface area contributed by atoms with Gasteiger partial charge in [-0.2, -0.15) is 0 Å². The molecule has 1 aromatic heterocycles. The molecule has 1 unspecified atom stereocenters. The normalized spacial score (nSPS) is 18.2. The van der Waals surface area contributed by atoms with Crippen LogP contribution >= 0.6 is 11.6 Å². The van der Waals surface area contributed by atoms with Gasteiger partial charge in [0.15, 0.2) is 0 Å². The van der Waals surface area contributed by atoms with Gasteiger partial charge in [0.05, 0.1) is 17.4 Å². The number of hydrogen-bond donors (Lipinski definition) is 2. The molecule has 0 saturated carbocycles. The van der Waals surface area contributed by atoms with Crippen molar-refractivity contribution in [3.63, 3.8) is 0 Å². The van der Waals surface area contributed by atoms with Gasteiger partial charge in [-0.1, -0.05) is 18.5 Å². The summed E-state index contributed by atoms with van der Waals surface area (Å²) in [7, 11) is 0. The summed E-state index contributed by atoms with van der Waals surface area (Å²) in [4.78, 5) is 18.4. The predicted molar refractivity (Wildman–Crippen MR) is 87.2 cm³/mol. The number of nitrogens with one attached hydrogen (secondary N) is 1. The first kappa shape index (κ1) is 17.2. The number of halogens is 1. The number of pyridine rings is 1. The standard InChI is InChI=1S/C16H24ClN3O2/c1-11-5-7-20(8-6-11)10-13(21)9-18-16(22)14-3-4-15(17)19-12(14)2/h3-4,11,13,21H,5-10H2,1-2H3,(H,18,22). The molecule has 1 aliphatic heterocycles. The minimum absolute atomic E-state index is 0.229. The van der Waals surface area contributed by atoms with Crippen LogP contribution in [-0.2, 0) is 0 Å². The van der Waals surface area contributed by atoms with Crippen LogP contribution in [0.25, 0.3) is 0 Å². The molecule has 0 bridgehead atoms. The Kier molecular flexibility index (Phi) is 6.17. The third-order valence-electron chi connectivity index (χ3n) is 4.14. The van der Waals surface area contributed by atoms with E-state index in [2.05, 4.69) is 22.1 Å². The largest absolute Gasteiger partial charge is 0.390 e. The van der Waals surface area contributed by atoms with Crippen LogP contribution in [0.1, 0.15) is 35.8 Å². The number of rotatable bonds is 5. The van der Waals surface area contributed by atoms with Gasteiger partial charge in [0, 0.05) is 13.1 Å². The molecule has 2 N–H and O–H groups in total. The quantitative estimate of drug-likeness (QED) is 0.811. The van der Waals surface area contributed by atoms with Crippen LogP contribution in [0.2, 0.25) is 5.15 Å². The van der Waals surface area contributed by atoms with Gasteiger partial charge in [0.1, 0.15) is 5.15 Å². The Hall–Kier alpha value is -1.17. The third-order valence-corrected chi connectivity index (χ3v) is 4.35. The maximum absolute atomic E-state index is 12.1. The molecule has 6 heteroatoms. The Labute approximate surface area is 136 Å². The van der Waals surface area contributed by atoms with Gasteiger partial charge in [-0.3, -0.25) is 4.79 Å². The number of aliphatic hydroxyl groups excluding tert-OH is 1. The summed E-state index contributed by atoms with van der Waals surface area (Å²) in [6.45, 7) is 6.89. The molecule has 1 aliphatic rings. The number of amides is 1. The molecule has 1 aromatic rings. The summed E-state index contributed by atoms with van der Waals surface area (Å²) in [6.07, 6.45) is 1.79. The minimum Gasteiger partial charge on any atom is -0.390 e. The highest BCUT2D eigenvalue weighted by atomic mass is 35.5. The number of aromatic nitrogens is 1. The van der Waals surface area contributed by atoms with Crippen molar-refractivity contribution in [2.75, 3.05) is 26.2 Å². The maximum Gasteiger partial charge on any atom is 0.253 e. The topological polar surface area (TPSA) is 65.5 Å². The van der Waals surface area contributed by atoms with Crippen molar-refractivity contribution in [2.24, 2.45) is 5.92 Å². The Morgan fingerprint density at radius 2 is 2.18 bits per heavy atom. The fraction of sp³-hybridized carbons (Fsp3) is 0.625. The first-order valence-electron chi connectivity index (χ1n) is 7.77. The van der Waals surface area contributed by atoms with E-state index in [0.29, 0.717) is 23.0 Å². The summed E-state index contributed by atoms with van der Waals surface area (Å²) >= 11 is 5.78. The molecule has 2 heterocycles. The SMILES string of the molecule is Cc1nc(Cl)ccc1C(=O)NCC(O)CN1CCC(C)CC1. The molecule has 0 aliphatic carbocycles. The van der Waals surface area contributed by atoms with E-state index in [4.69, 9.17) is 11.6 Å². The zero-order valence-corrected chi connectivity index (χ0v) is 13.9. The third kappa shape index (κ3) is 4.93. The van der Waals surface area contributed by atoms with Gasteiger partial charge in [0.25, 0.3) is 5.91 Å². The molecule has 5 nitrogen and oxygen atoms in total. The Morgan fingerprint density at radius 3 is 2.82 bits per heavy atom. The predicted octanol–water partition coefficient (Wildman–Crippen LogP) is 1.87. The summed E-state index contributed by atoms with van der Waals surface area (Å²) in [5.41, 5.74) is 1.08. The van der Waals surface area contributed by atoms with Gasteiger partial charge < -0.3 is 15.3 Å². The zero-order valence-electron chi connectivity index (χ0n) is 13.2. The van der Waals surface area contributed by atoms with Crippen LogP contribution in [0, 0.1) is 12.8 Å². The van der Waals surface area contributed by atoms with Crippen molar-refractivity contribution in [3.8, 4) is 0 Å². The van der Waals surface area contributed by atoms with Gasteiger partial charge >= 0.3 is 0 Å². The molecule has 2 rings (SSSR count). The van der Waals surface area contributed by atoms with E-state index in [1.54, 1.807) is 19.1 Å². The van der Waals surface area contributed by atoms with Crippen LogP contribution in [0.4, 0.5) is 0 Å². The molecule has 1 saturated heterocycles. The van der Waals surface area contributed by atoms with Crippen molar-refractivity contribution < 1.29 is 9.90 Å². The summed E-state index contributed by atoms with van der Waals surface area (Å²) in [5, 5.41) is 13.2. The number of hydrogen-bond acceptors (Lipinski definition) is 4. The average Bonchev–Trinajstić information content (AvgIpc) is 2.47. The highest BCUT2D eigenvalue weighted by molar-refractivity contribution is 6.29. The molecule has 122 valence electrons. The van der Waals surface area contributed by atoms with Crippen molar-refractivity contribution in [2.45, 2.75) is 32.8 Å². The number of nitrogens with zero attached hydrogens (tertiary/aromatic N) is 2. The van der Waals surface area contributed by atoms with Crippen LogP contribution < -0.4 is 5.32 Å². The second-order valence-corrected chi connectivity index (χ2v) is 6.50. The molecule has 0 radical (unpaired) electrons. The average molecular weight is 326 g/mol. The summed E-state index contributed by atoms with van der Waals surface area (Å²) < 4.78 is 0. The molecule has 1 amide bonds. The van der Waals surface area contributed by atoms with Crippen LogP contribution in [0.5, 0.6) is 0 Å². The fourth-order valence-electron chi connectivity index (χ4n) is 2.68. The number of piperidine rings is 1. The number of aliphatic hydroxyl groups is 1. The molecule has 0 aromatic carbocycles. The zero-order chi connectivity index (χ0) is 16.1. The summed E-state index contributed by atoms with van der Waals surface area (Å²) in [6, 6.07) is 3.24. The maximum atomic E-state index is 12.1. The monoisotopic (exact) mass is 325 g/mol. The summed E-state index contributed by atoms with van der Waals surface area (Å²) in [5.74, 6) is 0.543. The lowest BCUT2D eigenvalue weighted by Crippen LogP contribution is -2.43. The van der Waals surface area contributed by atoms with Crippen LogP contribution in [0.3, 0.4) is 0 Å². The van der Waals surface area contributed by atoms with Gasteiger partial charge in [-0.25, -0.2) is 4.98 Å². The smallest absolute Gasteiger partial charge is 0.253 e. The van der Waals surface area contributed by atoms with Crippen LogP contribution in [0.15, 0.2) is 12.1 Å². The number of aryl methyl sites for hydroxylation is 1. The Balaban J connectivity index is 1.78. The lowest BCUT2D eigenvalue weighted by molar-refractivity contribution is 0.0795. The van der Waals surface area contributed by atoms with Crippen LogP contribution in [-0.4, -0.2) is 53.2 Å². The van der Waals surface area contributed by atoms with Gasteiger partial charge in [0.2, 0.25) is 0 Å². The molecule has 1 atom stereocenters. The van der Waals surface area contributed by atoms with Crippen molar-refractivity contribution >= 4 is 17.5 Å². The number of likely N-dealkylation sites (tertiary alicyclic amines) is 1. The minimum atomic E-state index is -0.557. The second kappa shape index (κ2) is 7.90. The highest BCUT2D eigenvalue weighted by Gasteiger charge is 2.19. The Bertz CT molecular complexity index is 516. The van der Waals surface area contributed by atoms with E-state index < -0.39 is 6.10 Å². The van der Waals surface area contributed by atoms with Gasteiger partial charge in [-0.15, -0.1) is 0 Å². The van der Waals surface area contributed by atoms with E-state index in [0.717, 1.165) is 19.0 Å². The van der Waals surface area contributed by atoms with E-state index in [1.165, 1.54) is 12.8 Å². The van der Waals surface area contributed by atoms with E-state index in [9.17, 15) is 9.90 Å². The first-order chi connectivity index (χ1) is 10.5. The lowest BCUT2D eigenvalue weighted by Gasteiger charge is -2.31. The number of carbonyl (C=O) groups excluding carboxylic acids is 1. The van der Waals surface area contributed by atoms with Crippen molar-refractivity contribution in [1.82, 2.24) is 15.2 Å². The molecular formula is C16H24ClN3O2. The molecule has 0 spiro atoms. The molecule has 1 fully saturated rings.